The summed E-state index contributed by atoms with van der Waals surface area (Å²) in [6.07, 6.45) is 6.47. The Morgan fingerprint density at radius 2 is 1.67 bits per heavy atom. The van der Waals surface area contributed by atoms with Crippen LogP contribution in [0, 0.1) is 5.41 Å². The molecule has 0 spiro atoms. The molecule has 0 fully saturated rings. The maximum absolute atomic E-state index is 4.59. The molecule has 3 rings (SSSR count). The van der Waals surface area contributed by atoms with Crippen LogP contribution in [0.4, 0.5) is 0 Å². The van der Waals surface area contributed by atoms with E-state index in [4.69, 9.17) is 0 Å². The van der Waals surface area contributed by atoms with Gasteiger partial charge in [-0.1, -0.05) is 59.8 Å². The van der Waals surface area contributed by atoms with Crippen LogP contribution in [0.1, 0.15) is 64.3 Å². The Bertz CT molecular complexity index is 724. The molecule has 1 heterocycles. The fraction of sp³-hybridized carbons (Fsp3) is 0.450. The highest BCUT2D eigenvalue weighted by molar-refractivity contribution is 5.95. The monoisotopic (exact) mass is 279 g/mol. The molecule has 0 radical (unpaired) electrons. The van der Waals surface area contributed by atoms with E-state index in [9.17, 15) is 0 Å². The smallest absolute Gasteiger partial charge is 0.0708 e. The van der Waals surface area contributed by atoms with Crippen LogP contribution in [0.15, 0.2) is 30.5 Å². The van der Waals surface area contributed by atoms with Gasteiger partial charge in [-0.25, -0.2) is 0 Å². The Morgan fingerprint density at radius 1 is 0.952 bits per heavy atom. The number of allylic oxidation sites excluding steroid dienone is 1. The minimum Gasteiger partial charge on any atom is -0.256 e. The van der Waals surface area contributed by atoms with Crippen molar-refractivity contribution in [2.24, 2.45) is 5.41 Å². The Labute approximate surface area is 128 Å². The zero-order valence-corrected chi connectivity index (χ0v) is 14.0. The van der Waals surface area contributed by atoms with Crippen LogP contribution in [0.5, 0.6) is 0 Å². The Kier molecular flexibility index (Phi) is 3.02. The van der Waals surface area contributed by atoms with Crippen molar-refractivity contribution < 1.29 is 0 Å². The molecular weight excluding hydrogens is 254 g/mol. The molecule has 1 aromatic heterocycles. The molecule has 1 nitrogen and oxygen atoms in total. The average molecular weight is 279 g/mol. The van der Waals surface area contributed by atoms with Gasteiger partial charge in [0.25, 0.3) is 0 Å². The van der Waals surface area contributed by atoms with E-state index in [0.29, 0.717) is 5.92 Å². The number of aromatic nitrogens is 1. The molecular formula is C20H25N. The zero-order valence-electron chi connectivity index (χ0n) is 14.0. The zero-order chi connectivity index (χ0) is 15.4. The van der Waals surface area contributed by atoms with E-state index >= 15 is 0 Å². The molecule has 0 saturated carbocycles. The third-order valence-corrected chi connectivity index (χ3v) is 4.50. The van der Waals surface area contributed by atoms with Crippen LogP contribution in [-0.4, -0.2) is 4.98 Å². The first kappa shape index (κ1) is 14.3. The molecule has 110 valence electrons. The average Bonchev–Trinajstić information content (AvgIpc) is 2.36. The van der Waals surface area contributed by atoms with Gasteiger partial charge in [-0.15, -0.1) is 0 Å². The van der Waals surface area contributed by atoms with E-state index in [0.717, 1.165) is 5.69 Å². The lowest BCUT2D eigenvalue weighted by atomic mass is 9.68. The van der Waals surface area contributed by atoms with Crippen molar-refractivity contribution in [1.82, 2.24) is 4.98 Å². The highest BCUT2D eigenvalue weighted by atomic mass is 14.7. The normalized spacial score (nSPS) is 18.3. The van der Waals surface area contributed by atoms with Crippen LogP contribution in [0.2, 0.25) is 0 Å². The quantitative estimate of drug-likeness (QED) is 0.603. The van der Waals surface area contributed by atoms with Crippen LogP contribution in [0.3, 0.4) is 0 Å². The van der Waals surface area contributed by atoms with Gasteiger partial charge in [-0.3, -0.25) is 4.98 Å². The Balaban J connectivity index is 2.43. The fourth-order valence-electron chi connectivity index (χ4n) is 3.43. The van der Waals surface area contributed by atoms with Crippen molar-refractivity contribution in [3.63, 3.8) is 0 Å². The summed E-state index contributed by atoms with van der Waals surface area (Å²) in [6.45, 7) is 13.9. The predicted molar refractivity (Wildman–Crippen MR) is 91.7 cm³/mol. The molecule has 0 N–H and O–H groups in total. The van der Waals surface area contributed by atoms with Crippen molar-refractivity contribution in [3.05, 3.63) is 47.3 Å². The van der Waals surface area contributed by atoms with Crippen molar-refractivity contribution in [3.8, 4) is 0 Å². The Hall–Kier alpha value is -1.63. The van der Waals surface area contributed by atoms with Gasteiger partial charge < -0.3 is 0 Å². The first-order valence-corrected chi connectivity index (χ1v) is 7.80. The van der Waals surface area contributed by atoms with Crippen LogP contribution in [-0.2, 0) is 5.41 Å². The molecule has 0 aliphatic heterocycles. The van der Waals surface area contributed by atoms with Crippen LogP contribution in [0.25, 0.3) is 16.8 Å². The number of rotatable bonds is 0. The summed E-state index contributed by atoms with van der Waals surface area (Å²) in [5.74, 6) is 0.437. The maximum Gasteiger partial charge on any atom is 0.0708 e. The maximum atomic E-state index is 4.59. The third kappa shape index (κ3) is 2.29. The Morgan fingerprint density at radius 3 is 2.29 bits per heavy atom. The minimum atomic E-state index is 0.144. The lowest BCUT2D eigenvalue weighted by Gasteiger charge is -2.36. The summed E-state index contributed by atoms with van der Waals surface area (Å²) in [4.78, 5) is 4.59. The van der Waals surface area contributed by atoms with Gasteiger partial charge in [-0.05, 0) is 39.5 Å². The molecule has 0 amide bonds. The molecule has 2 aromatic rings. The van der Waals surface area contributed by atoms with Crippen molar-refractivity contribution in [2.45, 2.75) is 52.9 Å². The standard InChI is InChI=1S/C20H25N/c1-19(2,3)14-8-7-13-11-12-21-16-10-9-15(20(4,5)6)18(14)17(13)16/h7-12,15H,1-6H3. The van der Waals surface area contributed by atoms with Gasteiger partial charge in [0.15, 0.2) is 0 Å². The van der Waals surface area contributed by atoms with E-state index in [-0.39, 0.29) is 10.8 Å². The minimum absolute atomic E-state index is 0.144. The van der Waals surface area contributed by atoms with E-state index in [1.807, 2.05) is 6.20 Å². The summed E-state index contributed by atoms with van der Waals surface area (Å²) >= 11 is 0. The summed E-state index contributed by atoms with van der Waals surface area (Å²) in [5, 5.41) is 2.66. The second-order valence-electron chi connectivity index (χ2n) is 8.27. The van der Waals surface area contributed by atoms with Gasteiger partial charge >= 0.3 is 0 Å². The van der Waals surface area contributed by atoms with Gasteiger partial charge in [0.2, 0.25) is 0 Å². The SMILES string of the molecule is CC(C)(C)c1ccc2ccnc3c2c1C(C(C)(C)C)C=C3. The van der Waals surface area contributed by atoms with Gasteiger partial charge in [0.05, 0.1) is 5.69 Å². The van der Waals surface area contributed by atoms with Gasteiger partial charge in [0, 0.05) is 17.5 Å². The summed E-state index contributed by atoms with van der Waals surface area (Å²) in [5.41, 5.74) is 4.41. The number of hydrogen-bond acceptors (Lipinski definition) is 1. The number of hydrogen-bond donors (Lipinski definition) is 0. The second-order valence-corrected chi connectivity index (χ2v) is 8.27. The van der Waals surface area contributed by atoms with Crippen molar-refractivity contribution >= 4 is 16.8 Å². The van der Waals surface area contributed by atoms with Gasteiger partial charge in [-0.2, -0.15) is 0 Å². The molecule has 1 heteroatoms. The largest absolute Gasteiger partial charge is 0.256 e. The topological polar surface area (TPSA) is 12.9 Å². The molecule has 1 aliphatic carbocycles. The van der Waals surface area contributed by atoms with Crippen molar-refractivity contribution in [1.29, 1.82) is 0 Å². The molecule has 1 unspecified atom stereocenters. The summed E-state index contributed by atoms with van der Waals surface area (Å²) in [7, 11) is 0. The molecule has 1 aromatic carbocycles. The third-order valence-electron chi connectivity index (χ3n) is 4.50. The molecule has 1 atom stereocenters. The predicted octanol–water partition coefficient (Wildman–Crippen LogP) is 5.69. The van der Waals surface area contributed by atoms with E-state index < -0.39 is 0 Å². The van der Waals surface area contributed by atoms with Crippen molar-refractivity contribution in [2.75, 3.05) is 0 Å². The first-order chi connectivity index (χ1) is 9.69. The van der Waals surface area contributed by atoms with E-state index in [2.05, 4.69) is 76.9 Å². The first-order valence-electron chi connectivity index (χ1n) is 7.80. The number of nitrogens with zero attached hydrogens (tertiary/aromatic N) is 1. The van der Waals surface area contributed by atoms with Crippen LogP contribution < -0.4 is 0 Å². The summed E-state index contributed by atoms with van der Waals surface area (Å²) < 4.78 is 0. The highest BCUT2D eigenvalue weighted by Crippen LogP contribution is 2.47. The molecule has 0 saturated heterocycles. The highest BCUT2D eigenvalue weighted by Gasteiger charge is 2.33. The second kappa shape index (κ2) is 4.43. The number of pyridine rings is 1. The molecule has 21 heavy (non-hydrogen) atoms. The van der Waals surface area contributed by atoms with E-state index in [1.54, 1.807) is 0 Å². The number of benzene rings is 1. The van der Waals surface area contributed by atoms with Crippen LogP contribution >= 0.6 is 0 Å². The lowest BCUT2D eigenvalue weighted by molar-refractivity contribution is 0.363. The molecule has 0 bridgehead atoms. The fourth-order valence-corrected chi connectivity index (χ4v) is 3.43. The van der Waals surface area contributed by atoms with Gasteiger partial charge in [0.1, 0.15) is 0 Å². The lowest BCUT2D eigenvalue weighted by Crippen LogP contribution is -2.24. The van der Waals surface area contributed by atoms with E-state index in [1.165, 1.54) is 21.9 Å². The molecule has 1 aliphatic rings. The summed E-state index contributed by atoms with van der Waals surface area (Å²) in [6, 6.07) is 6.70.